The van der Waals surface area contributed by atoms with Crippen molar-refractivity contribution in [2.24, 2.45) is 0 Å². The first-order chi connectivity index (χ1) is 10.2. The summed E-state index contributed by atoms with van der Waals surface area (Å²) in [7, 11) is 0. The third-order valence-electron chi connectivity index (χ3n) is 3.41. The molecule has 21 heavy (non-hydrogen) atoms. The minimum absolute atomic E-state index is 0.219. The van der Waals surface area contributed by atoms with E-state index < -0.39 is 0 Å². The second-order valence-electron chi connectivity index (χ2n) is 4.88. The van der Waals surface area contributed by atoms with E-state index in [0.717, 1.165) is 11.5 Å². The molecule has 1 atom stereocenters. The van der Waals surface area contributed by atoms with Gasteiger partial charge in [-0.2, -0.15) is 0 Å². The predicted molar refractivity (Wildman–Crippen MR) is 78.4 cm³/mol. The van der Waals surface area contributed by atoms with Gasteiger partial charge in [-0.3, -0.25) is 4.98 Å². The number of hydrogen-bond acceptors (Lipinski definition) is 5. The summed E-state index contributed by atoms with van der Waals surface area (Å²) in [6.07, 6.45) is 5.20. The molecule has 1 N–H and O–H groups in total. The summed E-state index contributed by atoms with van der Waals surface area (Å²) in [6.45, 7) is 4.66. The van der Waals surface area contributed by atoms with Crippen LogP contribution in [0.1, 0.15) is 30.0 Å². The van der Waals surface area contributed by atoms with Crippen molar-refractivity contribution in [3.8, 4) is 11.7 Å². The Hall–Kier alpha value is -2.40. The Bertz CT molecular complexity index is 690. The van der Waals surface area contributed by atoms with Crippen molar-refractivity contribution in [2.75, 3.05) is 0 Å². The van der Waals surface area contributed by atoms with Crippen molar-refractivity contribution in [1.29, 1.82) is 0 Å². The van der Waals surface area contributed by atoms with Crippen LogP contribution in [-0.4, -0.2) is 9.97 Å². The lowest BCUT2D eigenvalue weighted by molar-refractivity contribution is 0.497. The quantitative estimate of drug-likeness (QED) is 0.776. The fourth-order valence-electron chi connectivity index (χ4n) is 2.12. The molecule has 3 aromatic rings. The SMILES string of the molecule is Cc1oc(-c2ccco2)nc1CNC(C)c1ccncc1. The second kappa shape index (κ2) is 5.93. The summed E-state index contributed by atoms with van der Waals surface area (Å²) in [5.41, 5.74) is 2.08. The molecule has 3 rings (SSSR count). The largest absolute Gasteiger partial charge is 0.459 e. The molecule has 0 aliphatic carbocycles. The van der Waals surface area contributed by atoms with E-state index in [1.807, 2.05) is 31.2 Å². The van der Waals surface area contributed by atoms with Gasteiger partial charge in [0.25, 0.3) is 5.89 Å². The average Bonchev–Trinajstić information content (AvgIpc) is 3.15. The van der Waals surface area contributed by atoms with Gasteiger partial charge in [0.2, 0.25) is 0 Å². The number of aryl methyl sites for hydroxylation is 1. The number of furan rings is 1. The van der Waals surface area contributed by atoms with Gasteiger partial charge in [-0.25, -0.2) is 4.98 Å². The van der Waals surface area contributed by atoms with Gasteiger partial charge < -0.3 is 14.2 Å². The molecular formula is C16H17N3O2. The molecule has 0 aliphatic rings. The molecule has 0 saturated carbocycles. The Balaban J connectivity index is 1.68. The van der Waals surface area contributed by atoms with E-state index in [0.29, 0.717) is 18.2 Å². The van der Waals surface area contributed by atoms with Crippen molar-refractivity contribution in [2.45, 2.75) is 26.4 Å². The van der Waals surface area contributed by atoms with E-state index in [2.05, 4.69) is 22.2 Å². The fraction of sp³-hybridized carbons (Fsp3) is 0.250. The molecule has 0 bridgehead atoms. The Kier molecular flexibility index (Phi) is 3.83. The zero-order valence-electron chi connectivity index (χ0n) is 12.0. The normalized spacial score (nSPS) is 12.5. The summed E-state index contributed by atoms with van der Waals surface area (Å²) in [5, 5.41) is 3.43. The smallest absolute Gasteiger partial charge is 0.263 e. The lowest BCUT2D eigenvalue weighted by atomic mass is 10.1. The molecule has 0 fully saturated rings. The highest BCUT2D eigenvalue weighted by atomic mass is 16.4. The van der Waals surface area contributed by atoms with Crippen LogP contribution >= 0.6 is 0 Å². The third kappa shape index (κ3) is 3.03. The van der Waals surface area contributed by atoms with Crippen molar-refractivity contribution >= 4 is 0 Å². The van der Waals surface area contributed by atoms with Crippen LogP contribution in [0.5, 0.6) is 0 Å². The fourth-order valence-corrected chi connectivity index (χ4v) is 2.12. The van der Waals surface area contributed by atoms with E-state index >= 15 is 0 Å². The van der Waals surface area contributed by atoms with Crippen LogP contribution in [0.25, 0.3) is 11.7 Å². The zero-order chi connectivity index (χ0) is 14.7. The van der Waals surface area contributed by atoms with Gasteiger partial charge in [-0.15, -0.1) is 0 Å². The maximum absolute atomic E-state index is 5.64. The molecule has 0 spiro atoms. The molecule has 0 aliphatic heterocycles. The molecule has 0 amide bonds. The number of pyridine rings is 1. The van der Waals surface area contributed by atoms with Gasteiger partial charge >= 0.3 is 0 Å². The van der Waals surface area contributed by atoms with Gasteiger partial charge in [-0.05, 0) is 43.7 Å². The van der Waals surface area contributed by atoms with Gasteiger partial charge in [0, 0.05) is 25.0 Å². The summed E-state index contributed by atoms with van der Waals surface area (Å²) < 4.78 is 10.9. The van der Waals surface area contributed by atoms with Crippen LogP contribution in [0.3, 0.4) is 0 Å². The minimum atomic E-state index is 0.219. The number of hydrogen-bond donors (Lipinski definition) is 1. The number of aromatic nitrogens is 2. The van der Waals surface area contributed by atoms with E-state index in [1.54, 1.807) is 18.7 Å². The maximum atomic E-state index is 5.64. The molecule has 0 aromatic carbocycles. The van der Waals surface area contributed by atoms with Crippen LogP contribution in [-0.2, 0) is 6.54 Å². The lowest BCUT2D eigenvalue weighted by Crippen LogP contribution is -2.18. The highest BCUT2D eigenvalue weighted by Crippen LogP contribution is 2.22. The summed E-state index contributed by atoms with van der Waals surface area (Å²) in [6, 6.07) is 7.87. The van der Waals surface area contributed by atoms with Crippen molar-refractivity contribution in [3.05, 3.63) is 59.9 Å². The monoisotopic (exact) mass is 283 g/mol. The number of oxazole rings is 1. The second-order valence-corrected chi connectivity index (χ2v) is 4.88. The van der Waals surface area contributed by atoms with E-state index in [1.165, 1.54) is 5.56 Å². The molecule has 5 nitrogen and oxygen atoms in total. The summed E-state index contributed by atoms with van der Waals surface area (Å²) >= 11 is 0. The van der Waals surface area contributed by atoms with Gasteiger partial charge in [0.05, 0.1) is 12.0 Å². The van der Waals surface area contributed by atoms with Crippen LogP contribution < -0.4 is 5.32 Å². The van der Waals surface area contributed by atoms with E-state index in [9.17, 15) is 0 Å². The predicted octanol–water partition coefficient (Wildman–Crippen LogP) is 3.49. The van der Waals surface area contributed by atoms with Crippen LogP contribution in [0.4, 0.5) is 0 Å². The first-order valence-corrected chi connectivity index (χ1v) is 6.87. The third-order valence-corrected chi connectivity index (χ3v) is 3.41. The Morgan fingerprint density at radius 3 is 2.76 bits per heavy atom. The number of rotatable bonds is 5. The van der Waals surface area contributed by atoms with E-state index in [-0.39, 0.29) is 6.04 Å². The topological polar surface area (TPSA) is 64.1 Å². The molecule has 0 saturated heterocycles. The molecule has 0 radical (unpaired) electrons. The van der Waals surface area contributed by atoms with E-state index in [4.69, 9.17) is 8.83 Å². The highest BCUT2D eigenvalue weighted by molar-refractivity contribution is 5.44. The van der Waals surface area contributed by atoms with Crippen molar-refractivity contribution in [1.82, 2.24) is 15.3 Å². The van der Waals surface area contributed by atoms with Crippen molar-refractivity contribution in [3.63, 3.8) is 0 Å². The summed E-state index contributed by atoms with van der Waals surface area (Å²) in [5.74, 6) is 1.97. The maximum Gasteiger partial charge on any atom is 0.263 e. The Labute approximate surface area is 123 Å². The summed E-state index contributed by atoms with van der Waals surface area (Å²) in [4.78, 5) is 8.51. The Morgan fingerprint density at radius 1 is 1.24 bits per heavy atom. The number of nitrogens with one attached hydrogen (secondary N) is 1. The van der Waals surface area contributed by atoms with Crippen LogP contribution in [0.15, 0.2) is 51.8 Å². The molecule has 5 heteroatoms. The lowest BCUT2D eigenvalue weighted by Gasteiger charge is -2.12. The van der Waals surface area contributed by atoms with Gasteiger partial charge in [0.15, 0.2) is 5.76 Å². The number of nitrogens with zero attached hydrogens (tertiary/aromatic N) is 2. The molecule has 1 unspecified atom stereocenters. The standard InChI is InChI=1S/C16H17N3O2/c1-11(13-5-7-17-8-6-13)18-10-14-12(2)21-16(19-14)15-4-3-9-20-15/h3-9,11,18H,10H2,1-2H3. The molecule has 3 aromatic heterocycles. The molecule has 3 heterocycles. The van der Waals surface area contributed by atoms with Gasteiger partial charge in [-0.1, -0.05) is 0 Å². The first kappa shape index (κ1) is 13.6. The average molecular weight is 283 g/mol. The molecular weight excluding hydrogens is 266 g/mol. The van der Waals surface area contributed by atoms with Crippen LogP contribution in [0.2, 0.25) is 0 Å². The minimum Gasteiger partial charge on any atom is -0.459 e. The van der Waals surface area contributed by atoms with Crippen LogP contribution in [0, 0.1) is 6.92 Å². The highest BCUT2D eigenvalue weighted by Gasteiger charge is 2.14. The van der Waals surface area contributed by atoms with Gasteiger partial charge in [0.1, 0.15) is 5.76 Å². The van der Waals surface area contributed by atoms with Crippen molar-refractivity contribution < 1.29 is 8.83 Å². The first-order valence-electron chi connectivity index (χ1n) is 6.87. The molecule has 108 valence electrons. The Morgan fingerprint density at radius 2 is 2.05 bits per heavy atom. The zero-order valence-corrected chi connectivity index (χ0v) is 12.0.